The van der Waals surface area contributed by atoms with E-state index in [0.29, 0.717) is 0 Å². The smallest absolute Gasteiger partial charge is 0.143 e. The van der Waals surface area contributed by atoms with Crippen LogP contribution in [0.15, 0.2) is 217 Å². The van der Waals surface area contributed by atoms with Crippen LogP contribution in [-0.4, -0.2) is 0 Å². The summed E-state index contributed by atoms with van der Waals surface area (Å²) in [6, 6.07) is 76.9. The van der Waals surface area contributed by atoms with Gasteiger partial charge >= 0.3 is 0 Å². The zero-order chi connectivity index (χ0) is 38.9. The minimum absolute atomic E-state index is 0.868. The molecule has 12 rings (SSSR count). The SMILES string of the molecule is c1cc(-c2cccc3sc4ccccc4c23)cc(N(c2ccc(-c3ccc(-c4ccc5ccccc5c4)cc3)cc2)c2cccc3oc4c5ccccc5ccc4c23)c1. The van der Waals surface area contributed by atoms with Crippen LogP contribution in [0, 0.1) is 0 Å². The molecule has 0 saturated carbocycles. The normalized spacial score (nSPS) is 11.7. The van der Waals surface area contributed by atoms with Gasteiger partial charge in [0.25, 0.3) is 0 Å². The van der Waals surface area contributed by atoms with Gasteiger partial charge in [0.05, 0.1) is 11.1 Å². The van der Waals surface area contributed by atoms with Crippen LogP contribution in [0.3, 0.4) is 0 Å². The highest BCUT2D eigenvalue weighted by Crippen LogP contribution is 2.46. The van der Waals surface area contributed by atoms with Crippen molar-refractivity contribution in [3.8, 4) is 33.4 Å². The second-order valence-corrected chi connectivity index (χ2v) is 16.3. The molecule has 0 atom stereocenters. The van der Waals surface area contributed by atoms with E-state index in [1.165, 1.54) is 69.7 Å². The van der Waals surface area contributed by atoms with Gasteiger partial charge in [0.15, 0.2) is 0 Å². The van der Waals surface area contributed by atoms with Gasteiger partial charge in [-0.25, -0.2) is 0 Å². The van der Waals surface area contributed by atoms with Gasteiger partial charge in [-0.2, -0.15) is 0 Å². The highest BCUT2D eigenvalue weighted by molar-refractivity contribution is 7.25. The number of furan rings is 1. The first-order valence-corrected chi connectivity index (χ1v) is 20.9. The molecule has 2 aromatic heterocycles. The number of benzene rings is 10. The molecule has 59 heavy (non-hydrogen) atoms. The Bertz CT molecular complexity index is 3560. The molecule has 0 bridgehead atoms. The summed E-state index contributed by atoms with van der Waals surface area (Å²) in [5, 5.41) is 9.60. The lowest BCUT2D eigenvalue weighted by molar-refractivity contribution is 0.672. The predicted molar refractivity (Wildman–Crippen MR) is 253 cm³/mol. The Morgan fingerprint density at radius 2 is 1.00 bits per heavy atom. The van der Waals surface area contributed by atoms with Gasteiger partial charge in [-0.05, 0) is 110 Å². The number of hydrogen-bond acceptors (Lipinski definition) is 3. The molecule has 12 aromatic rings. The van der Waals surface area contributed by atoms with Crippen LogP contribution in [0.25, 0.3) is 97.0 Å². The molecule has 0 radical (unpaired) electrons. The average Bonchev–Trinajstić information content (AvgIpc) is 3.89. The first-order chi connectivity index (χ1) is 29.2. The van der Waals surface area contributed by atoms with E-state index >= 15 is 0 Å². The maximum absolute atomic E-state index is 6.72. The van der Waals surface area contributed by atoms with Crippen LogP contribution >= 0.6 is 11.3 Å². The van der Waals surface area contributed by atoms with E-state index in [-0.39, 0.29) is 0 Å². The van der Waals surface area contributed by atoms with Crippen LogP contribution in [0.5, 0.6) is 0 Å². The maximum atomic E-state index is 6.72. The first kappa shape index (κ1) is 33.7. The fraction of sp³-hybridized carbons (Fsp3) is 0. The Morgan fingerprint density at radius 3 is 1.85 bits per heavy atom. The zero-order valence-electron chi connectivity index (χ0n) is 32.0. The number of fused-ring (bicyclic) bond motifs is 9. The van der Waals surface area contributed by atoms with Gasteiger partial charge in [-0.15, -0.1) is 11.3 Å². The molecule has 0 aliphatic rings. The standard InChI is InChI=1S/C56H35NOS/c1-2-12-41-34-42(27-26-36(41)10-1)39-24-22-37(23-25-39)38-28-31-44(32-29-38)57(50-18-9-19-51-55(50)49-33-30-40-11-3-4-15-47(40)56(49)58-51)45-14-7-13-43(35-45)46-17-8-21-53-54(46)48-16-5-6-20-52(48)59-53/h1-35H. The van der Waals surface area contributed by atoms with E-state index in [0.717, 1.165) is 44.4 Å². The topological polar surface area (TPSA) is 16.4 Å². The molecule has 10 aromatic carbocycles. The van der Waals surface area contributed by atoms with Crippen LogP contribution < -0.4 is 4.90 Å². The molecule has 0 unspecified atom stereocenters. The molecule has 0 fully saturated rings. The summed E-state index contributed by atoms with van der Waals surface area (Å²) in [4.78, 5) is 2.40. The highest BCUT2D eigenvalue weighted by Gasteiger charge is 2.21. The van der Waals surface area contributed by atoms with Crippen molar-refractivity contribution in [1.82, 2.24) is 0 Å². The maximum Gasteiger partial charge on any atom is 0.143 e. The summed E-state index contributed by atoms with van der Waals surface area (Å²) in [6.07, 6.45) is 0. The van der Waals surface area contributed by atoms with E-state index in [2.05, 4.69) is 217 Å². The third kappa shape index (κ3) is 5.62. The largest absolute Gasteiger partial charge is 0.455 e. The molecule has 3 heteroatoms. The molecule has 276 valence electrons. The Kier molecular flexibility index (Phi) is 7.75. The number of hydrogen-bond donors (Lipinski definition) is 0. The third-order valence-electron chi connectivity index (χ3n) is 11.9. The van der Waals surface area contributed by atoms with Crippen LogP contribution in [0.2, 0.25) is 0 Å². The van der Waals surface area contributed by atoms with Crippen LogP contribution in [0.4, 0.5) is 17.1 Å². The minimum atomic E-state index is 0.868. The van der Waals surface area contributed by atoms with Crippen molar-refractivity contribution >= 4 is 92.1 Å². The molecule has 0 amide bonds. The van der Waals surface area contributed by atoms with Gasteiger partial charge < -0.3 is 9.32 Å². The van der Waals surface area contributed by atoms with E-state index in [4.69, 9.17) is 4.42 Å². The first-order valence-electron chi connectivity index (χ1n) is 20.1. The number of thiophene rings is 1. The fourth-order valence-electron chi connectivity index (χ4n) is 9.00. The number of anilines is 3. The molecule has 0 N–H and O–H groups in total. The van der Waals surface area contributed by atoms with Crippen molar-refractivity contribution in [2.75, 3.05) is 4.90 Å². The summed E-state index contributed by atoms with van der Waals surface area (Å²) in [5.41, 5.74) is 12.2. The van der Waals surface area contributed by atoms with Gasteiger partial charge in [0.1, 0.15) is 11.2 Å². The van der Waals surface area contributed by atoms with Crippen molar-refractivity contribution in [2.45, 2.75) is 0 Å². The van der Waals surface area contributed by atoms with E-state index in [9.17, 15) is 0 Å². The molecular weight excluding hydrogens is 735 g/mol. The molecular formula is C56H35NOS. The molecule has 2 heterocycles. The molecule has 2 nitrogen and oxygen atoms in total. The number of rotatable bonds is 6. The third-order valence-corrected chi connectivity index (χ3v) is 13.0. The van der Waals surface area contributed by atoms with Crippen molar-refractivity contribution in [1.29, 1.82) is 0 Å². The van der Waals surface area contributed by atoms with Crippen molar-refractivity contribution in [2.24, 2.45) is 0 Å². The lowest BCUT2D eigenvalue weighted by atomic mass is 9.97. The second-order valence-electron chi connectivity index (χ2n) is 15.3. The van der Waals surface area contributed by atoms with E-state index in [1.807, 2.05) is 11.3 Å². The van der Waals surface area contributed by atoms with Crippen LogP contribution in [0.1, 0.15) is 0 Å². The Labute approximate surface area is 345 Å². The Balaban J connectivity index is 0.998. The number of nitrogens with zero attached hydrogens (tertiary/aromatic N) is 1. The Morgan fingerprint density at radius 1 is 0.356 bits per heavy atom. The van der Waals surface area contributed by atoms with Gasteiger partial charge in [0.2, 0.25) is 0 Å². The molecule has 0 saturated heterocycles. The summed E-state index contributed by atoms with van der Waals surface area (Å²) < 4.78 is 9.32. The van der Waals surface area contributed by atoms with E-state index < -0.39 is 0 Å². The van der Waals surface area contributed by atoms with Gasteiger partial charge in [-0.3, -0.25) is 0 Å². The van der Waals surface area contributed by atoms with Crippen LogP contribution in [-0.2, 0) is 0 Å². The van der Waals surface area contributed by atoms with Gasteiger partial charge in [0, 0.05) is 42.3 Å². The van der Waals surface area contributed by atoms with E-state index in [1.54, 1.807) is 0 Å². The summed E-state index contributed by atoms with van der Waals surface area (Å²) in [7, 11) is 0. The lowest BCUT2D eigenvalue weighted by Crippen LogP contribution is -2.10. The highest BCUT2D eigenvalue weighted by atomic mass is 32.1. The molecule has 0 aliphatic heterocycles. The van der Waals surface area contributed by atoms with Gasteiger partial charge in [-0.1, -0.05) is 152 Å². The van der Waals surface area contributed by atoms with Crippen molar-refractivity contribution in [3.63, 3.8) is 0 Å². The zero-order valence-corrected chi connectivity index (χ0v) is 32.8. The summed E-state index contributed by atoms with van der Waals surface area (Å²) in [5.74, 6) is 0. The van der Waals surface area contributed by atoms with Crippen molar-refractivity contribution < 1.29 is 4.42 Å². The van der Waals surface area contributed by atoms with Crippen molar-refractivity contribution in [3.05, 3.63) is 212 Å². The second kappa shape index (κ2) is 13.6. The molecule has 0 aliphatic carbocycles. The lowest BCUT2D eigenvalue weighted by Gasteiger charge is -2.27. The summed E-state index contributed by atoms with van der Waals surface area (Å²) >= 11 is 1.86. The minimum Gasteiger partial charge on any atom is -0.455 e. The fourth-order valence-corrected chi connectivity index (χ4v) is 10.1. The predicted octanol–water partition coefficient (Wildman–Crippen LogP) is 16.7. The Hall–Kier alpha value is -7.46. The summed E-state index contributed by atoms with van der Waals surface area (Å²) in [6.45, 7) is 0. The average molecular weight is 770 g/mol. The monoisotopic (exact) mass is 769 g/mol. The molecule has 0 spiro atoms. The quantitative estimate of drug-likeness (QED) is 0.167.